The van der Waals surface area contributed by atoms with Crippen LogP contribution in [0.2, 0.25) is 5.02 Å². The van der Waals surface area contributed by atoms with Gasteiger partial charge in [-0.2, -0.15) is 0 Å². The summed E-state index contributed by atoms with van der Waals surface area (Å²) in [5.74, 6) is -0.737. The molecule has 6 nitrogen and oxygen atoms in total. The Morgan fingerprint density at radius 1 is 1.21 bits per heavy atom. The van der Waals surface area contributed by atoms with Gasteiger partial charge in [-0.1, -0.05) is 35.9 Å². The maximum Gasteiger partial charge on any atom is 0.290 e. The lowest BCUT2D eigenvalue weighted by Crippen LogP contribution is -2.33. The Morgan fingerprint density at radius 2 is 2.03 bits per heavy atom. The topological polar surface area (TPSA) is 82.6 Å². The second kappa shape index (κ2) is 9.00. The summed E-state index contributed by atoms with van der Waals surface area (Å²) in [4.78, 5) is 31.8. The summed E-state index contributed by atoms with van der Waals surface area (Å²) in [7, 11) is 1.62. The number of fused-ring (bicyclic) bond motifs is 1. The van der Waals surface area contributed by atoms with E-state index in [1.165, 1.54) is 16.2 Å². The first-order chi connectivity index (χ1) is 16.5. The number of aromatic nitrogens is 1. The first kappa shape index (κ1) is 22.3. The molecular weight excluding hydrogens is 472 g/mol. The third-order valence-electron chi connectivity index (χ3n) is 6.09. The fraction of sp³-hybridized carbons (Fsp3) is 0.154. The van der Waals surface area contributed by atoms with Crippen LogP contribution in [0.1, 0.15) is 26.8 Å². The number of hydrogen-bond donors (Lipinski definition) is 2. The van der Waals surface area contributed by atoms with E-state index in [0.29, 0.717) is 21.9 Å². The molecule has 5 rings (SSSR count). The van der Waals surface area contributed by atoms with Gasteiger partial charge in [0.2, 0.25) is 5.78 Å². The number of aliphatic hydroxyl groups excluding tert-OH is 1. The number of benzene rings is 2. The molecule has 1 amide bonds. The molecule has 0 saturated carbocycles. The predicted octanol–water partition coefficient (Wildman–Crippen LogP) is 5.71. The molecule has 0 spiro atoms. The van der Waals surface area contributed by atoms with E-state index in [1.54, 1.807) is 48.9 Å². The smallest absolute Gasteiger partial charge is 0.290 e. The minimum absolute atomic E-state index is 0.0566. The number of carbonyl (C=O) groups is 2. The molecule has 0 aliphatic carbocycles. The van der Waals surface area contributed by atoms with Gasteiger partial charge >= 0.3 is 0 Å². The van der Waals surface area contributed by atoms with Crippen LogP contribution in [0.4, 0.5) is 0 Å². The Morgan fingerprint density at radius 3 is 2.76 bits per heavy atom. The fourth-order valence-corrected chi connectivity index (χ4v) is 5.33. The van der Waals surface area contributed by atoms with Crippen LogP contribution in [-0.2, 0) is 11.2 Å². The number of carbonyl (C=O) groups excluding carboxylic acids is 2. The van der Waals surface area contributed by atoms with E-state index in [-0.39, 0.29) is 17.9 Å². The number of hydrogen-bond acceptors (Lipinski definition) is 5. The first-order valence-corrected chi connectivity index (χ1v) is 12.0. The molecule has 34 heavy (non-hydrogen) atoms. The molecule has 3 heterocycles. The molecule has 0 fully saturated rings. The number of amides is 1. The van der Waals surface area contributed by atoms with Gasteiger partial charge < -0.3 is 19.7 Å². The molecule has 0 bridgehead atoms. The van der Waals surface area contributed by atoms with Gasteiger partial charge in [0, 0.05) is 28.7 Å². The Hall–Kier alpha value is -3.55. The van der Waals surface area contributed by atoms with Crippen LogP contribution in [0.25, 0.3) is 10.9 Å². The van der Waals surface area contributed by atoms with E-state index < -0.39 is 17.7 Å². The minimum atomic E-state index is -0.782. The molecule has 2 N–H and O–H groups in total. The average Bonchev–Trinajstić information content (AvgIpc) is 3.57. The quantitative estimate of drug-likeness (QED) is 0.323. The van der Waals surface area contributed by atoms with Crippen molar-refractivity contribution in [1.29, 1.82) is 0 Å². The van der Waals surface area contributed by atoms with E-state index in [4.69, 9.17) is 16.3 Å². The highest BCUT2D eigenvalue weighted by Crippen LogP contribution is 2.42. The zero-order chi connectivity index (χ0) is 23.8. The summed E-state index contributed by atoms with van der Waals surface area (Å²) < 4.78 is 5.35. The molecule has 0 radical (unpaired) electrons. The molecule has 0 unspecified atom stereocenters. The maximum atomic E-state index is 13.3. The molecule has 4 aromatic rings. The molecular formula is C26H21ClN2O4S. The van der Waals surface area contributed by atoms with Crippen molar-refractivity contribution in [2.75, 3.05) is 13.7 Å². The molecule has 1 aliphatic heterocycles. The highest BCUT2D eigenvalue weighted by Gasteiger charge is 2.44. The van der Waals surface area contributed by atoms with Crippen molar-refractivity contribution in [2.24, 2.45) is 0 Å². The van der Waals surface area contributed by atoms with Gasteiger partial charge in [-0.15, -0.1) is 11.3 Å². The number of halogens is 1. The number of Topliss-reactive ketones (excluding diaryl/α,β-unsaturated/α-hetero) is 1. The molecule has 2 aromatic carbocycles. The number of aliphatic hydroxyl groups is 1. The molecule has 172 valence electrons. The summed E-state index contributed by atoms with van der Waals surface area (Å²) in [5, 5.41) is 14.0. The first-order valence-electron chi connectivity index (χ1n) is 10.7. The van der Waals surface area contributed by atoms with E-state index in [1.807, 2.05) is 24.4 Å². The van der Waals surface area contributed by atoms with Gasteiger partial charge in [0.05, 0.1) is 23.6 Å². The van der Waals surface area contributed by atoms with Crippen molar-refractivity contribution < 1.29 is 19.4 Å². The van der Waals surface area contributed by atoms with E-state index in [2.05, 4.69) is 4.98 Å². The van der Waals surface area contributed by atoms with Crippen molar-refractivity contribution in [3.05, 3.63) is 98.5 Å². The number of ether oxygens (including phenoxy) is 1. The summed E-state index contributed by atoms with van der Waals surface area (Å²) in [6.07, 6.45) is 2.41. The molecule has 8 heteroatoms. The molecule has 0 saturated heterocycles. The largest absolute Gasteiger partial charge is 0.503 e. The van der Waals surface area contributed by atoms with Crippen LogP contribution in [0.15, 0.2) is 77.5 Å². The van der Waals surface area contributed by atoms with Crippen molar-refractivity contribution in [3.63, 3.8) is 0 Å². The Kier molecular flexibility index (Phi) is 5.89. The minimum Gasteiger partial charge on any atom is -0.503 e. The van der Waals surface area contributed by atoms with Gasteiger partial charge in [-0.05, 0) is 53.3 Å². The van der Waals surface area contributed by atoms with Crippen molar-refractivity contribution in [2.45, 2.75) is 12.5 Å². The van der Waals surface area contributed by atoms with Crippen molar-refractivity contribution in [1.82, 2.24) is 9.88 Å². The summed E-state index contributed by atoms with van der Waals surface area (Å²) in [6.45, 7) is 0.282. The highest BCUT2D eigenvalue weighted by atomic mass is 35.5. The number of thiophene rings is 1. The van der Waals surface area contributed by atoms with Crippen LogP contribution in [0.3, 0.4) is 0 Å². The number of methoxy groups -OCH3 is 1. The molecule has 1 atom stereocenters. The van der Waals surface area contributed by atoms with Gasteiger partial charge in [-0.25, -0.2) is 0 Å². The second-order valence-corrected chi connectivity index (χ2v) is 9.32. The van der Waals surface area contributed by atoms with E-state index >= 15 is 0 Å². The average molecular weight is 493 g/mol. The number of aromatic amines is 1. The zero-order valence-electron chi connectivity index (χ0n) is 18.2. The van der Waals surface area contributed by atoms with Crippen LogP contribution in [-0.4, -0.2) is 40.3 Å². The molecule has 1 aliphatic rings. The zero-order valence-corrected chi connectivity index (χ0v) is 19.8. The number of nitrogens with one attached hydrogen (secondary N) is 1. The van der Waals surface area contributed by atoms with Crippen LogP contribution in [0, 0.1) is 0 Å². The van der Waals surface area contributed by atoms with Crippen LogP contribution >= 0.6 is 22.9 Å². The standard InChI is InChI=1S/C26H21ClN2O4S/c1-33-16-8-9-20-18(13-16)15(14-28-20)10-11-29-23(17-5-2-3-6-19(17)27)22(25(31)26(29)32)24(30)21-7-4-12-34-21/h2-9,12-14,23,28,31H,10-11H2,1H3/t23-/m1/s1. The van der Waals surface area contributed by atoms with Crippen molar-refractivity contribution in [3.8, 4) is 5.75 Å². The summed E-state index contributed by atoms with van der Waals surface area (Å²) in [6, 6.07) is 15.5. The Bertz CT molecular complexity index is 1420. The van der Waals surface area contributed by atoms with Gasteiger partial charge in [-0.3, -0.25) is 9.59 Å². The summed E-state index contributed by atoms with van der Waals surface area (Å²) in [5.41, 5.74) is 2.61. The third kappa shape index (κ3) is 3.77. The number of ketones is 1. The van der Waals surface area contributed by atoms with Crippen LogP contribution < -0.4 is 4.74 Å². The number of rotatable bonds is 7. The molecule has 2 aromatic heterocycles. The van der Waals surface area contributed by atoms with Crippen LogP contribution in [0.5, 0.6) is 5.75 Å². The van der Waals surface area contributed by atoms with Gasteiger partial charge in [0.15, 0.2) is 5.76 Å². The maximum absolute atomic E-state index is 13.3. The SMILES string of the molecule is COc1ccc2[nH]cc(CCN3C(=O)C(O)=C(C(=O)c4cccs4)[C@H]3c3ccccc3Cl)c2c1. The monoisotopic (exact) mass is 492 g/mol. The van der Waals surface area contributed by atoms with Crippen molar-refractivity contribution >= 4 is 45.5 Å². The van der Waals surface area contributed by atoms with Gasteiger partial charge in [0.25, 0.3) is 5.91 Å². The predicted molar refractivity (Wildman–Crippen MR) is 133 cm³/mol. The van der Waals surface area contributed by atoms with E-state index in [0.717, 1.165) is 22.2 Å². The Balaban J connectivity index is 1.52. The third-order valence-corrected chi connectivity index (χ3v) is 7.30. The fourth-order valence-electron chi connectivity index (χ4n) is 4.41. The number of H-pyrrole nitrogens is 1. The lowest BCUT2D eigenvalue weighted by Gasteiger charge is -2.27. The number of nitrogens with zero attached hydrogens (tertiary/aromatic N) is 1. The Labute approximate surface area is 205 Å². The van der Waals surface area contributed by atoms with Gasteiger partial charge in [0.1, 0.15) is 5.75 Å². The van der Waals surface area contributed by atoms with E-state index in [9.17, 15) is 14.7 Å². The second-order valence-electron chi connectivity index (χ2n) is 7.97. The normalized spacial score (nSPS) is 16.0. The summed E-state index contributed by atoms with van der Waals surface area (Å²) >= 11 is 7.77. The lowest BCUT2D eigenvalue weighted by atomic mass is 9.95. The highest BCUT2D eigenvalue weighted by molar-refractivity contribution is 7.12. The lowest BCUT2D eigenvalue weighted by molar-refractivity contribution is -0.129.